The molecular weight excluding hydrogens is 326 g/mol. The molecule has 0 N–H and O–H groups in total. The average Bonchev–Trinajstić information content (AvgIpc) is 2.34. The van der Waals surface area contributed by atoms with Gasteiger partial charge in [-0.2, -0.15) is 0 Å². The maximum Gasteiger partial charge on any atom is 0.000410 e. The molecule has 0 unspecified atom stereocenters. The van der Waals surface area contributed by atoms with Gasteiger partial charge in [-0.3, -0.25) is 0 Å². The van der Waals surface area contributed by atoms with Gasteiger partial charge in [0.2, 0.25) is 0 Å². The SMILES string of the molecule is CCCCCC(P(C1CCC1)C1CCC1)P(C1CCC1)C1CCC1. The van der Waals surface area contributed by atoms with Gasteiger partial charge in [0.1, 0.15) is 0 Å². The molecule has 0 aromatic rings. The molecule has 4 rings (SSSR count). The molecule has 138 valence electrons. The Morgan fingerprint density at radius 2 is 1.00 bits per heavy atom. The van der Waals surface area contributed by atoms with Gasteiger partial charge in [-0.1, -0.05) is 67.7 Å². The molecule has 0 aromatic carbocycles. The fourth-order valence-corrected chi connectivity index (χ4v) is 16.8. The molecule has 0 atom stereocenters. The summed E-state index contributed by atoms with van der Waals surface area (Å²) in [6.07, 6.45) is 25.5. The van der Waals surface area contributed by atoms with Crippen molar-refractivity contribution in [3.8, 4) is 0 Å². The highest BCUT2D eigenvalue weighted by Gasteiger charge is 2.47. The highest BCUT2D eigenvalue weighted by molar-refractivity contribution is 7.77. The summed E-state index contributed by atoms with van der Waals surface area (Å²) in [5.41, 5.74) is 4.90. The van der Waals surface area contributed by atoms with Crippen LogP contribution in [0, 0.1) is 0 Å². The minimum atomic E-state index is 0.391. The van der Waals surface area contributed by atoms with E-state index < -0.39 is 0 Å². The zero-order chi connectivity index (χ0) is 16.4. The molecular formula is C22H40P2. The third kappa shape index (κ3) is 3.77. The van der Waals surface area contributed by atoms with Crippen molar-refractivity contribution in [3.63, 3.8) is 0 Å². The largest absolute Gasteiger partial charge is 0.0927 e. The lowest BCUT2D eigenvalue weighted by molar-refractivity contribution is 0.461. The van der Waals surface area contributed by atoms with Gasteiger partial charge in [0.15, 0.2) is 0 Å². The first-order chi connectivity index (χ1) is 11.9. The molecule has 2 heteroatoms. The average molecular weight is 367 g/mol. The Hall–Kier alpha value is 0.860. The first-order valence-electron chi connectivity index (χ1n) is 11.4. The van der Waals surface area contributed by atoms with Crippen molar-refractivity contribution in [2.24, 2.45) is 0 Å². The van der Waals surface area contributed by atoms with E-state index in [4.69, 9.17) is 0 Å². The molecule has 0 nitrogen and oxygen atoms in total. The van der Waals surface area contributed by atoms with Crippen LogP contribution >= 0.6 is 15.8 Å². The van der Waals surface area contributed by atoms with Gasteiger partial charge in [0.05, 0.1) is 0 Å². The molecule has 0 amide bonds. The molecule has 4 aliphatic rings. The molecule has 24 heavy (non-hydrogen) atoms. The van der Waals surface area contributed by atoms with Crippen LogP contribution in [0.5, 0.6) is 0 Å². The number of hydrogen-bond acceptors (Lipinski definition) is 0. The Balaban J connectivity index is 1.52. The van der Waals surface area contributed by atoms with E-state index in [-0.39, 0.29) is 0 Å². The van der Waals surface area contributed by atoms with Gasteiger partial charge >= 0.3 is 0 Å². The van der Waals surface area contributed by atoms with Crippen molar-refractivity contribution < 1.29 is 0 Å². The molecule has 0 bridgehead atoms. The summed E-state index contributed by atoms with van der Waals surface area (Å²) in [5.74, 6) is 0. The Labute approximate surface area is 153 Å². The third-order valence-electron chi connectivity index (χ3n) is 7.74. The predicted molar refractivity (Wildman–Crippen MR) is 112 cm³/mol. The topological polar surface area (TPSA) is 0 Å². The lowest BCUT2D eigenvalue weighted by Crippen LogP contribution is -2.36. The summed E-state index contributed by atoms with van der Waals surface area (Å²) in [5, 5.41) is 1.26. The van der Waals surface area contributed by atoms with E-state index in [1.807, 2.05) is 0 Å². The van der Waals surface area contributed by atoms with E-state index in [1.54, 1.807) is 89.9 Å². The van der Waals surface area contributed by atoms with E-state index >= 15 is 0 Å². The van der Waals surface area contributed by atoms with Crippen molar-refractivity contribution >= 4 is 15.8 Å². The van der Waals surface area contributed by atoms with E-state index in [0.717, 1.165) is 0 Å². The van der Waals surface area contributed by atoms with Gasteiger partial charge in [-0.25, -0.2) is 0 Å². The molecule has 4 fully saturated rings. The maximum absolute atomic E-state index is 2.40. The Morgan fingerprint density at radius 1 is 0.625 bits per heavy atom. The molecule has 0 heterocycles. The zero-order valence-corrected chi connectivity index (χ0v) is 17.9. The monoisotopic (exact) mass is 366 g/mol. The molecule has 0 radical (unpaired) electrons. The molecule has 0 spiro atoms. The number of rotatable bonds is 10. The summed E-state index contributed by atoms with van der Waals surface area (Å²) >= 11 is 0. The van der Waals surface area contributed by atoms with E-state index in [1.165, 1.54) is 40.9 Å². The Kier molecular flexibility index (Phi) is 6.61. The first kappa shape index (κ1) is 18.2. The van der Waals surface area contributed by atoms with Gasteiger partial charge in [-0.15, -0.1) is 0 Å². The van der Waals surface area contributed by atoms with Crippen LogP contribution in [0.1, 0.15) is 110 Å². The second-order valence-corrected chi connectivity index (χ2v) is 15.6. The molecule has 0 aromatic heterocycles. The van der Waals surface area contributed by atoms with E-state index in [0.29, 0.717) is 15.8 Å². The van der Waals surface area contributed by atoms with Crippen molar-refractivity contribution in [3.05, 3.63) is 0 Å². The van der Waals surface area contributed by atoms with Crippen molar-refractivity contribution in [2.75, 3.05) is 0 Å². The Morgan fingerprint density at radius 3 is 1.25 bits per heavy atom. The summed E-state index contributed by atoms with van der Waals surface area (Å²) in [4.78, 5) is 0. The lowest BCUT2D eigenvalue weighted by atomic mass is 9.99. The van der Waals surface area contributed by atoms with Crippen LogP contribution in [0.25, 0.3) is 0 Å². The second-order valence-electron chi connectivity index (χ2n) is 9.21. The van der Waals surface area contributed by atoms with Crippen LogP contribution in [0.15, 0.2) is 0 Å². The fourth-order valence-electron chi connectivity index (χ4n) is 5.34. The minimum Gasteiger partial charge on any atom is -0.0927 e. The fraction of sp³-hybridized carbons (Fsp3) is 1.00. The second kappa shape index (κ2) is 8.70. The summed E-state index contributed by atoms with van der Waals surface area (Å²) in [7, 11) is 0.782. The Bertz CT molecular complexity index is 319. The van der Waals surface area contributed by atoms with Gasteiger partial charge in [0, 0.05) is 5.40 Å². The number of unbranched alkanes of at least 4 members (excludes halogenated alkanes) is 2. The smallest absolute Gasteiger partial charge is 0.000410 e. The van der Waals surface area contributed by atoms with Crippen molar-refractivity contribution in [2.45, 2.75) is 138 Å². The minimum absolute atomic E-state index is 0.391. The lowest BCUT2D eigenvalue weighted by Gasteiger charge is -2.55. The standard InChI is InChI=1S/C22H40P2/c1-2-3-4-17-22(23(18-9-5-10-18)19-11-6-12-19)24(20-13-7-14-20)21-15-8-16-21/h18-22H,2-17H2,1H3. The highest BCUT2D eigenvalue weighted by Crippen LogP contribution is 2.76. The normalized spacial score (nSPS) is 26.5. The van der Waals surface area contributed by atoms with Crippen molar-refractivity contribution in [1.29, 1.82) is 0 Å². The molecule has 0 aliphatic heterocycles. The van der Waals surface area contributed by atoms with Crippen LogP contribution in [-0.2, 0) is 0 Å². The first-order valence-corrected chi connectivity index (χ1v) is 14.5. The van der Waals surface area contributed by atoms with Gasteiger partial charge in [0.25, 0.3) is 0 Å². The zero-order valence-electron chi connectivity index (χ0n) is 16.1. The molecule has 0 saturated heterocycles. The van der Waals surface area contributed by atoms with Gasteiger partial charge in [-0.05, 0) is 80.4 Å². The molecule has 4 saturated carbocycles. The quantitative estimate of drug-likeness (QED) is 0.271. The maximum atomic E-state index is 2.40. The predicted octanol–water partition coefficient (Wildman–Crippen LogP) is 8.07. The summed E-state index contributed by atoms with van der Waals surface area (Å²) in [6.45, 7) is 2.40. The summed E-state index contributed by atoms with van der Waals surface area (Å²) in [6, 6.07) is 0. The highest BCUT2D eigenvalue weighted by atomic mass is 31.2. The summed E-state index contributed by atoms with van der Waals surface area (Å²) < 4.78 is 0. The third-order valence-corrected chi connectivity index (χ3v) is 16.7. The number of hydrogen-bond donors (Lipinski definition) is 0. The molecule has 4 aliphatic carbocycles. The van der Waals surface area contributed by atoms with Gasteiger partial charge < -0.3 is 0 Å². The van der Waals surface area contributed by atoms with Crippen LogP contribution < -0.4 is 0 Å². The van der Waals surface area contributed by atoms with Crippen LogP contribution in [-0.4, -0.2) is 28.0 Å². The van der Waals surface area contributed by atoms with Crippen molar-refractivity contribution in [1.82, 2.24) is 0 Å². The van der Waals surface area contributed by atoms with Crippen LogP contribution in [0.2, 0.25) is 0 Å². The van der Waals surface area contributed by atoms with Crippen LogP contribution in [0.3, 0.4) is 0 Å². The van der Waals surface area contributed by atoms with E-state index in [9.17, 15) is 0 Å². The van der Waals surface area contributed by atoms with Crippen LogP contribution in [0.4, 0.5) is 0 Å². The van der Waals surface area contributed by atoms with E-state index in [2.05, 4.69) is 6.92 Å².